The number of terminal acetylenes is 1. The first-order valence-electron chi connectivity index (χ1n) is 6.31. The fraction of sp³-hybridized carbons (Fsp3) is 0.500. The van der Waals surface area contributed by atoms with Crippen LogP contribution in [0.25, 0.3) is 0 Å². The maximum Gasteiger partial charge on any atom is 0.0294 e. The predicted octanol–water partition coefficient (Wildman–Crippen LogP) is 3.68. The van der Waals surface area contributed by atoms with Gasteiger partial charge in [0, 0.05) is 12.5 Å². The Bertz CT molecular complexity index is 412. The Morgan fingerprint density at radius 3 is 2.47 bits per heavy atom. The van der Waals surface area contributed by atoms with Crippen LogP contribution in [0.3, 0.4) is 0 Å². The molecule has 0 saturated carbocycles. The lowest BCUT2D eigenvalue weighted by atomic mass is 9.96. The number of hydrogen-bond acceptors (Lipinski definition) is 1. The molecule has 1 heteroatoms. The molecule has 0 heterocycles. The fourth-order valence-electron chi connectivity index (χ4n) is 2.07. The molecule has 1 aromatic rings. The molecule has 0 spiro atoms. The third kappa shape index (κ3) is 3.91. The van der Waals surface area contributed by atoms with Crippen LogP contribution in [0.15, 0.2) is 12.1 Å². The molecular formula is C16H23N. The van der Waals surface area contributed by atoms with Crippen LogP contribution >= 0.6 is 0 Å². The summed E-state index contributed by atoms with van der Waals surface area (Å²) in [7, 11) is 0. The van der Waals surface area contributed by atoms with E-state index < -0.39 is 0 Å². The van der Waals surface area contributed by atoms with E-state index in [1.165, 1.54) is 22.3 Å². The average Bonchev–Trinajstić information content (AvgIpc) is 2.29. The van der Waals surface area contributed by atoms with E-state index in [0.29, 0.717) is 6.04 Å². The molecule has 0 fully saturated rings. The molecule has 1 aromatic carbocycles. The van der Waals surface area contributed by atoms with Gasteiger partial charge in [0.15, 0.2) is 0 Å². The van der Waals surface area contributed by atoms with Gasteiger partial charge in [-0.05, 0) is 62.9 Å². The summed E-state index contributed by atoms with van der Waals surface area (Å²) >= 11 is 0. The van der Waals surface area contributed by atoms with Crippen molar-refractivity contribution in [2.75, 3.05) is 6.54 Å². The highest BCUT2D eigenvalue weighted by atomic mass is 14.9. The maximum absolute atomic E-state index is 5.24. The quantitative estimate of drug-likeness (QED) is 0.600. The molecule has 0 saturated heterocycles. The topological polar surface area (TPSA) is 12.0 Å². The third-order valence-electron chi connectivity index (χ3n) is 3.30. The van der Waals surface area contributed by atoms with Crippen molar-refractivity contribution in [1.82, 2.24) is 5.32 Å². The highest BCUT2D eigenvalue weighted by Crippen LogP contribution is 2.21. The Labute approximate surface area is 106 Å². The number of benzene rings is 1. The molecule has 1 atom stereocenters. The van der Waals surface area contributed by atoms with E-state index in [4.69, 9.17) is 6.42 Å². The lowest BCUT2D eigenvalue weighted by Gasteiger charge is -2.18. The van der Waals surface area contributed by atoms with E-state index in [9.17, 15) is 0 Å². The summed E-state index contributed by atoms with van der Waals surface area (Å²) in [5, 5.41) is 3.53. The van der Waals surface area contributed by atoms with Gasteiger partial charge >= 0.3 is 0 Å². The Morgan fingerprint density at radius 2 is 1.82 bits per heavy atom. The largest absolute Gasteiger partial charge is 0.310 e. The minimum atomic E-state index is 0.395. The second-order valence-corrected chi connectivity index (χ2v) is 4.78. The molecule has 17 heavy (non-hydrogen) atoms. The third-order valence-corrected chi connectivity index (χ3v) is 3.30. The first-order chi connectivity index (χ1) is 8.06. The lowest BCUT2D eigenvalue weighted by Crippen LogP contribution is -2.20. The molecule has 1 nitrogen and oxygen atoms in total. The number of aryl methyl sites for hydroxylation is 3. The zero-order chi connectivity index (χ0) is 12.8. The molecule has 1 rings (SSSR count). The molecule has 0 amide bonds. The summed E-state index contributed by atoms with van der Waals surface area (Å²) < 4.78 is 0. The van der Waals surface area contributed by atoms with Crippen LogP contribution in [-0.4, -0.2) is 6.54 Å². The first-order valence-corrected chi connectivity index (χ1v) is 6.31. The normalized spacial score (nSPS) is 12.2. The van der Waals surface area contributed by atoms with Crippen molar-refractivity contribution in [3.8, 4) is 12.3 Å². The van der Waals surface area contributed by atoms with Gasteiger partial charge in [-0.1, -0.05) is 12.1 Å². The van der Waals surface area contributed by atoms with Gasteiger partial charge in [-0.3, -0.25) is 0 Å². The van der Waals surface area contributed by atoms with Crippen LogP contribution in [0.5, 0.6) is 0 Å². The molecular weight excluding hydrogens is 206 g/mol. The van der Waals surface area contributed by atoms with E-state index in [0.717, 1.165) is 19.4 Å². The van der Waals surface area contributed by atoms with Gasteiger partial charge in [-0.2, -0.15) is 0 Å². The van der Waals surface area contributed by atoms with E-state index in [2.05, 4.69) is 51.1 Å². The fourth-order valence-corrected chi connectivity index (χ4v) is 2.07. The van der Waals surface area contributed by atoms with E-state index in [1.54, 1.807) is 0 Å². The van der Waals surface area contributed by atoms with E-state index in [1.807, 2.05) is 0 Å². The number of unbranched alkanes of at least 4 members (excludes halogenated alkanes) is 1. The van der Waals surface area contributed by atoms with Crippen LogP contribution in [-0.2, 0) is 0 Å². The summed E-state index contributed by atoms with van der Waals surface area (Å²) in [5.41, 5.74) is 5.49. The zero-order valence-electron chi connectivity index (χ0n) is 11.4. The van der Waals surface area contributed by atoms with Crippen LogP contribution < -0.4 is 5.32 Å². The molecule has 0 aliphatic heterocycles. The second kappa shape index (κ2) is 6.47. The summed E-state index contributed by atoms with van der Waals surface area (Å²) in [4.78, 5) is 0. The lowest BCUT2D eigenvalue weighted by molar-refractivity contribution is 0.560. The first kappa shape index (κ1) is 13.8. The SMILES string of the molecule is C#CCCCNC(C)c1cc(C)c(C)cc1C. The Kier molecular flexibility index (Phi) is 5.25. The summed E-state index contributed by atoms with van der Waals surface area (Å²) in [6, 6.07) is 4.96. The van der Waals surface area contributed by atoms with Crippen LogP contribution in [0.1, 0.15) is 48.1 Å². The summed E-state index contributed by atoms with van der Waals surface area (Å²) in [6.45, 7) is 9.71. The molecule has 1 unspecified atom stereocenters. The van der Waals surface area contributed by atoms with Crippen molar-refractivity contribution < 1.29 is 0 Å². The Hall–Kier alpha value is -1.26. The molecule has 0 aliphatic carbocycles. The minimum Gasteiger partial charge on any atom is -0.310 e. The molecule has 0 radical (unpaired) electrons. The van der Waals surface area contributed by atoms with Gasteiger partial charge in [-0.25, -0.2) is 0 Å². The second-order valence-electron chi connectivity index (χ2n) is 4.78. The molecule has 92 valence electrons. The molecule has 0 aromatic heterocycles. The van der Waals surface area contributed by atoms with Crippen molar-refractivity contribution in [2.24, 2.45) is 0 Å². The Balaban J connectivity index is 2.66. The summed E-state index contributed by atoms with van der Waals surface area (Å²) in [5.74, 6) is 2.67. The molecule has 0 aliphatic rings. The standard InChI is InChI=1S/C16H23N/c1-6-7-8-9-17-15(5)16-11-13(3)12(2)10-14(16)4/h1,10-11,15,17H,7-9H2,2-5H3. The van der Waals surface area contributed by atoms with Gasteiger partial charge in [-0.15, -0.1) is 12.3 Å². The highest BCUT2D eigenvalue weighted by molar-refractivity contribution is 5.37. The highest BCUT2D eigenvalue weighted by Gasteiger charge is 2.08. The van der Waals surface area contributed by atoms with Gasteiger partial charge in [0.25, 0.3) is 0 Å². The van der Waals surface area contributed by atoms with Crippen LogP contribution in [0.4, 0.5) is 0 Å². The van der Waals surface area contributed by atoms with E-state index in [-0.39, 0.29) is 0 Å². The maximum atomic E-state index is 5.24. The number of rotatable bonds is 5. The van der Waals surface area contributed by atoms with Crippen LogP contribution in [0.2, 0.25) is 0 Å². The van der Waals surface area contributed by atoms with Crippen molar-refractivity contribution in [2.45, 2.75) is 46.6 Å². The molecule has 0 bridgehead atoms. The smallest absolute Gasteiger partial charge is 0.0294 e. The van der Waals surface area contributed by atoms with Crippen LogP contribution in [0, 0.1) is 33.1 Å². The zero-order valence-corrected chi connectivity index (χ0v) is 11.4. The predicted molar refractivity (Wildman–Crippen MR) is 75.1 cm³/mol. The van der Waals surface area contributed by atoms with Crippen molar-refractivity contribution in [3.05, 3.63) is 34.4 Å². The Morgan fingerprint density at radius 1 is 1.18 bits per heavy atom. The van der Waals surface area contributed by atoms with Gasteiger partial charge < -0.3 is 5.32 Å². The van der Waals surface area contributed by atoms with E-state index >= 15 is 0 Å². The van der Waals surface area contributed by atoms with Crippen molar-refractivity contribution in [3.63, 3.8) is 0 Å². The molecule has 1 N–H and O–H groups in total. The van der Waals surface area contributed by atoms with Crippen molar-refractivity contribution >= 4 is 0 Å². The van der Waals surface area contributed by atoms with Gasteiger partial charge in [0.05, 0.1) is 0 Å². The number of hydrogen-bond donors (Lipinski definition) is 1. The summed E-state index contributed by atoms with van der Waals surface area (Å²) in [6.07, 6.45) is 7.14. The minimum absolute atomic E-state index is 0.395. The van der Waals surface area contributed by atoms with Gasteiger partial charge in [0.1, 0.15) is 0 Å². The number of nitrogens with one attached hydrogen (secondary N) is 1. The monoisotopic (exact) mass is 229 g/mol. The average molecular weight is 229 g/mol. The van der Waals surface area contributed by atoms with Gasteiger partial charge in [0.2, 0.25) is 0 Å². The van der Waals surface area contributed by atoms with Crippen molar-refractivity contribution in [1.29, 1.82) is 0 Å².